The smallest absolute Gasteiger partial charge is 0.308 e. The van der Waals surface area contributed by atoms with Gasteiger partial charge in [0.1, 0.15) is 0 Å². The number of amides is 1. The number of hydrogen-bond donors (Lipinski definition) is 0. The fourth-order valence-electron chi connectivity index (χ4n) is 5.53. The lowest BCUT2D eigenvalue weighted by atomic mass is 10.0. The molecule has 0 unspecified atom stereocenters. The minimum atomic E-state index is -0.170. The van der Waals surface area contributed by atoms with Gasteiger partial charge in [-0.1, -0.05) is 30.8 Å². The zero-order chi connectivity index (χ0) is 26.0. The SMILES string of the molecule is C=CC(=O)N1CCc2ccc(-n3c(=O)n(C)c4cnc5ccc(-c6ccc7ccncc7c6)cc5c43)cc21. The molecule has 3 aromatic carbocycles. The molecule has 0 radical (unpaired) electrons. The monoisotopic (exact) mass is 497 g/mol. The molecule has 0 N–H and O–H groups in total. The highest BCUT2D eigenvalue weighted by Gasteiger charge is 2.25. The van der Waals surface area contributed by atoms with Crippen LogP contribution in [0.4, 0.5) is 5.69 Å². The van der Waals surface area contributed by atoms with Gasteiger partial charge in [-0.2, -0.15) is 0 Å². The van der Waals surface area contributed by atoms with Crippen molar-refractivity contribution in [3.05, 3.63) is 108 Å². The maximum Gasteiger partial charge on any atom is 0.333 e. The molecule has 3 aromatic heterocycles. The van der Waals surface area contributed by atoms with E-state index in [-0.39, 0.29) is 11.6 Å². The molecule has 0 atom stereocenters. The van der Waals surface area contributed by atoms with Gasteiger partial charge in [0.25, 0.3) is 0 Å². The predicted molar refractivity (Wildman–Crippen MR) is 151 cm³/mol. The highest BCUT2D eigenvalue weighted by Crippen LogP contribution is 2.34. The van der Waals surface area contributed by atoms with Crippen molar-refractivity contribution in [2.24, 2.45) is 7.05 Å². The fourth-order valence-corrected chi connectivity index (χ4v) is 5.53. The Kier molecular flexibility index (Phi) is 4.81. The van der Waals surface area contributed by atoms with E-state index in [1.54, 1.807) is 33.5 Å². The third-order valence-corrected chi connectivity index (χ3v) is 7.52. The van der Waals surface area contributed by atoms with Gasteiger partial charge < -0.3 is 4.90 Å². The van der Waals surface area contributed by atoms with Crippen molar-refractivity contribution in [1.82, 2.24) is 19.1 Å². The summed E-state index contributed by atoms with van der Waals surface area (Å²) in [5.41, 5.74) is 6.84. The van der Waals surface area contributed by atoms with Gasteiger partial charge in [0.05, 0.1) is 28.4 Å². The van der Waals surface area contributed by atoms with Gasteiger partial charge in [0.2, 0.25) is 5.91 Å². The van der Waals surface area contributed by atoms with Gasteiger partial charge in [0.15, 0.2) is 0 Å². The van der Waals surface area contributed by atoms with Crippen LogP contribution in [0.3, 0.4) is 0 Å². The molecule has 1 aliphatic rings. The van der Waals surface area contributed by atoms with Crippen LogP contribution in [0.25, 0.3) is 49.5 Å². The second-order valence-electron chi connectivity index (χ2n) is 9.60. The lowest BCUT2D eigenvalue weighted by Crippen LogP contribution is -2.27. The number of imidazole rings is 1. The summed E-state index contributed by atoms with van der Waals surface area (Å²) in [7, 11) is 1.76. The van der Waals surface area contributed by atoms with Gasteiger partial charge >= 0.3 is 5.69 Å². The number of carbonyl (C=O) groups excluding carboxylic acids is 1. The number of pyridine rings is 2. The van der Waals surface area contributed by atoms with Crippen molar-refractivity contribution in [3.8, 4) is 16.8 Å². The predicted octanol–water partition coefficient (Wildman–Crippen LogP) is 5.17. The number of carbonyl (C=O) groups is 1. The molecule has 0 spiro atoms. The number of aryl methyl sites for hydroxylation is 1. The molecule has 0 fully saturated rings. The van der Waals surface area contributed by atoms with Crippen molar-refractivity contribution >= 4 is 44.3 Å². The summed E-state index contributed by atoms with van der Waals surface area (Å²) in [6, 6.07) is 20.3. The second kappa shape index (κ2) is 8.24. The Hall–Kier alpha value is -5.04. The summed E-state index contributed by atoms with van der Waals surface area (Å²) in [6.07, 6.45) is 7.51. The lowest BCUT2D eigenvalue weighted by molar-refractivity contribution is -0.114. The molecule has 38 heavy (non-hydrogen) atoms. The molecular formula is C31H23N5O2. The highest BCUT2D eigenvalue weighted by atomic mass is 16.2. The summed E-state index contributed by atoms with van der Waals surface area (Å²) in [5, 5.41) is 3.07. The Morgan fingerprint density at radius 1 is 0.974 bits per heavy atom. The van der Waals surface area contributed by atoms with Crippen LogP contribution in [0.5, 0.6) is 0 Å². The van der Waals surface area contributed by atoms with E-state index in [0.29, 0.717) is 12.2 Å². The Bertz CT molecular complexity index is 2020. The molecule has 7 heteroatoms. The third kappa shape index (κ3) is 3.22. The van der Waals surface area contributed by atoms with Crippen LogP contribution in [0, 0.1) is 0 Å². The van der Waals surface area contributed by atoms with Crippen molar-refractivity contribution in [1.29, 1.82) is 0 Å². The number of benzene rings is 3. The molecular weight excluding hydrogens is 474 g/mol. The minimum Gasteiger partial charge on any atom is -0.308 e. The second-order valence-corrected chi connectivity index (χ2v) is 9.60. The Labute approximate surface area is 217 Å². The Morgan fingerprint density at radius 2 is 1.82 bits per heavy atom. The van der Waals surface area contributed by atoms with Crippen LogP contribution < -0.4 is 10.6 Å². The minimum absolute atomic E-state index is 0.143. The maximum atomic E-state index is 13.6. The van der Waals surface area contributed by atoms with Crippen LogP contribution in [-0.2, 0) is 18.3 Å². The molecule has 0 saturated carbocycles. The van der Waals surface area contributed by atoms with Crippen LogP contribution in [0.1, 0.15) is 5.56 Å². The number of fused-ring (bicyclic) bond motifs is 5. The summed E-state index contributed by atoms with van der Waals surface area (Å²) in [6.45, 7) is 4.24. The van der Waals surface area contributed by atoms with E-state index in [1.165, 1.54) is 6.08 Å². The van der Waals surface area contributed by atoms with E-state index in [9.17, 15) is 9.59 Å². The lowest BCUT2D eigenvalue weighted by Gasteiger charge is -2.16. The van der Waals surface area contributed by atoms with Gasteiger partial charge in [-0.3, -0.25) is 23.9 Å². The van der Waals surface area contributed by atoms with E-state index in [2.05, 4.69) is 46.9 Å². The summed E-state index contributed by atoms with van der Waals surface area (Å²) in [5.74, 6) is -0.143. The van der Waals surface area contributed by atoms with E-state index < -0.39 is 0 Å². The zero-order valence-corrected chi connectivity index (χ0v) is 20.8. The standard InChI is InChI=1S/C31H23N5O2/c1-3-29(37)35-13-11-20-6-8-24(16-27(20)35)36-30-25-15-22(21-5-4-19-10-12-32-17-23(19)14-21)7-9-26(25)33-18-28(30)34(2)31(36)38/h3-10,12,14-18H,1,11,13H2,2H3. The fraction of sp³-hybridized carbons (Fsp3) is 0.0968. The normalized spacial score (nSPS) is 12.9. The molecule has 1 aliphatic heterocycles. The van der Waals surface area contributed by atoms with Crippen LogP contribution in [0.2, 0.25) is 0 Å². The largest absolute Gasteiger partial charge is 0.333 e. The summed E-state index contributed by atoms with van der Waals surface area (Å²) < 4.78 is 3.35. The topological polar surface area (TPSA) is 73.0 Å². The van der Waals surface area contributed by atoms with Crippen LogP contribution in [0.15, 0.2) is 96.7 Å². The third-order valence-electron chi connectivity index (χ3n) is 7.52. The number of anilines is 1. The molecule has 0 saturated heterocycles. The number of nitrogens with zero attached hydrogens (tertiary/aromatic N) is 5. The van der Waals surface area contributed by atoms with Gasteiger partial charge in [-0.05, 0) is 71.0 Å². The molecule has 0 aliphatic carbocycles. The Morgan fingerprint density at radius 3 is 2.68 bits per heavy atom. The summed E-state index contributed by atoms with van der Waals surface area (Å²) in [4.78, 5) is 36.7. The average molecular weight is 498 g/mol. The first-order chi connectivity index (χ1) is 18.5. The molecule has 1 amide bonds. The average Bonchev–Trinajstić information content (AvgIpc) is 3.50. The van der Waals surface area contributed by atoms with Crippen molar-refractivity contribution in [2.45, 2.75) is 6.42 Å². The Balaban J connectivity index is 1.47. The van der Waals surface area contributed by atoms with Gasteiger partial charge in [-0.15, -0.1) is 0 Å². The number of aromatic nitrogens is 4. The molecule has 184 valence electrons. The van der Waals surface area contributed by atoms with E-state index in [1.807, 2.05) is 36.5 Å². The van der Waals surface area contributed by atoms with Gasteiger partial charge in [-0.25, -0.2) is 4.79 Å². The molecule has 7 nitrogen and oxygen atoms in total. The van der Waals surface area contributed by atoms with E-state index in [0.717, 1.165) is 61.5 Å². The highest BCUT2D eigenvalue weighted by molar-refractivity contribution is 6.05. The first-order valence-corrected chi connectivity index (χ1v) is 12.4. The molecule has 0 bridgehead atoms. The first kappa shape index (κ1) is 22.2. The maximum absolute atomic E-state index is 13.6. The quantitative estimate of drug-likeness (QED) is 0.316. The van der Waals surface area contributed by atoms with Crippen molar-refractivity contribution < 1.29 is 4.79 Å². The summed E-state index contributed by atoms with van der Waals surface area (Å²) >= 11 is 0. The van der Waals surface area contributed by atoms with Crippen molar-refractivity contribution in [3.63, 3.8) is 0 Å². The molecule has 6 aromatic rings. The first-order valence-electron chi connectivity index (χ1n) is 12.4. The molecule has 7 rings (SSSR count). The number of hydrogen-bond acceptors (Lipinski definition) is 4. The zero-order valence-electron chi connectivity index (χ0n) is 20.8. The van der Waals surface area contributed by atoms with E-state index >= 15 is 0 Å². The van der Waals surface area contributed by atoms with Crippen LogP contribution in [-0.4, -0.2) is 31.6 Å². The van der Waals surface area contributed by atoms with Gasteiger partial charge in [0, 0.05) is 42.4 Å². The molecule has 4 heterocycles. The van der Waals surface area contributed by atoms with E-state index in [4.69, 9.17) is 0 Å². The number of rotatable bonds is 3. The van der Waals surface area contributed by atoms with Crippen LogP contribution >= 0.6 is 0 Å². The van der Waals surface area contributed by atoms with Crippen molar-refractivity contribution in [2.75, 3.05) is 11.4 Å².